The first-order chi connectivity index (χ1) is 5.69. The van der Waals surface area contributed by atoms with Crippen LogP contribution in [0.4, 0.5) is 4.79 Å². The van der Waals surface area contributed by atoms with Gasteiger partial charge >= 0.3 is 6.03 Å². The van der Waals surface area contributed by atoms with Crippen LogP contribution in [0.3, 0.4) is 0 Å². The quantitative estimate of drug-likeness (QED) is 0.614. The minimum absolute atomic E-state index is 0.00885. The van der Waals surface area contributed by atoms with E-state index < -0.39 is 0 Å². The lowest BCUT2D eigenvalue weighted by Gasteiger charge is -2.40. The van der Waals surface area contributed by atoms with Crippen molar-refractivity contribution >= 4 is 6.03 Å². The molecule has 0 aromatic heterocycles. The fourth-order valence-corrected chi connectivity index (χ4v) is 1.48. The molecule has 2 amide bonds. The Morgan fingerprint density at radius 1 is 1.42 bits per heavy atom. The van der Waals surface area contributed by atoms with Gasteiger partial charge in [-0.3, -0.25) is 0 Å². The molecule has 70 valence electrons. The van der Waals surface area contributed by atoms with Crippen molar-refractivity contribution in [3.8, 4) is 0 Å². The van der Waals surface area contributed by atoms with E-state index in [0.717, 1.165) is 12.8 Å². The van der Waals surface area contributed by atoms with Gasteiger partial charge in [0, 0.05) is 26.2 Å². The van der Waals surface area contributed by atoms with E-state index in [9.17, 15) is 4.79 Å². The number of urea groups is 1. The lowest BCUT2D eigenvalue weighted by molar-refractivity contribution is 0.137. The SMILES string of the molecule is CNC(=O)N(C)C1CC(NC)C1. The molecule has 4 heteroatoms. The van der Waals surface area contributed by atoms with E-state index in [1.54, 1.807) is 11.9 Å². The van der Waals surface area contributed by atoms with Gasteiger partial charge in [-0.05, 0) is 19.9 Å². The molecule has 0 saturated heterocycles. The van der Waals surface area contributed by atoms with Crippen LogP contribution >= 0.6 is 0 Å². The van der Waals surface area contributed by atoms with Crippen molar-refractivity contribution in [1.29, 1.82) is 0 Å². The molecule has 2 N–H and O–H groups in total. The summed E-state index contributed by atoms with van der Waals surface area (Å²) in [4.78, 5) is 12.9. The second kappa shape index (κ2) is 3.76. The number of nitrogens with zero attached hydrogens (tertiary/aromatic N) is 1. The van der Waals surface area contributed by atoms with E-state index in [1.165, 1.54) is 0 Å². The van der Waals surface area contributed by atoms with Crippen molar-refractivity contribution in [2.24, 2.45) is 0 Å². The molecule has 0 aromatic carbocycles. The fourth-order valence-electron chi connectivity index (χ4n) is 1.48. The Hall–Kier alpha value is -0.770. The zero-order chi connectivity index (χ0) is 9.14. The molecule has 1 fully saturated rings. The zero-order valence-electron chi connectivity index (χ0n) is 7.92. The van der Waals surface area contributed by atoms with Gasteiger partial charge in [0.1, 0.15) is 0 Å². The average Bonchev–Trinajstić information content (AvgIpc) is 2.01. The molecule has 0 bridgehead atoms. The Kier molecular flexibility index (Phi) is 2.92. The Labute approximate surface area is 73.3 Å². The van der Waals surface area contributed by atoms with Crippen LogP contribution in [-0.4, -0.2) is 44.2 Å². The minimum Gasteiger partial charge on any atom is -0.341 e. The molecule has 4 nitrogen and oxygen atoms in total. The third-order valence-corrected chi connectivity index (χ3v) is 2.60. The average molecular weight is 171 g/mol. The van der Waals surface area contributed by atoms with Gasteiger partial charge in [-0.1, -0.05) is 0 Å². The van der Waals surface area contributed by atoms with Gasteiger partial charge < -0.3 is 15.5 Å². The van der Waals surface area contributed by atoms with E-state index in [0.29, 0.717) is 12.1 Å². The van der Waals surface area contributed by atoms with E-state index in [4.69, 9.17) is 0 Å². The molecule has 0 radical (unpaired) electrons. The van der Waals surface area contributed by atoms with Crippen LogP contribution in [0.1, 0.15) is 12.8 Å². The van der Waals surface area contributed by atoms with Crippen LogP contribution < -0.4 is 10.6 Å². The summed E-state index contributed by atoms with van der Waals surface area (Å²) in [5, 5.41) is 5.80. The van der Waals surface area contributed by atoms with Crippen LogP contribution in [0.5, 0.6) is 0 Å². The topological polar surface area (TPSA) is 44.4 Å². The highest BCUT2D eigenvalue weighted by molar-refractivity contribution is 5.73. The largest absolute Gasteiger partial charge is 0.341 e. The lowest BCUT2D eigenvalue weighted by atomic mass is 9.86. The minimum atomic E-state index is 0.00885. The maximum Gasteiger partial charge on any atom is 0.317 e. The lowest BCUT2D eigenvalue weighted by Crippen LogP contribution is -2.53. The molecule has 1 aliphatic carbocycles. The van der Waals surface area contributed by atoms with Crippen molar-refractivity contribution in [1.82, 2.24) is 15.5 Å². The Bertz CT molecular complexity index is 166. The van der Waals surface area contributed by atoms with Gasteiger partial charge in [-0.15, -0.1) is 0 Å². The Morgan fingerprint density at radius 3 is 2.42 bits per heavy atom. The van der Waals surface area contributed by atoms with E-state index >= 15 is 0 Å². The number of hydrogen-bond acceptors (Lipinski definition) is 2. The highest BCUT2D eigenvalue weighted by atomic mass is 16.2. The van der Waals surface area contributed by atoms with E-state index in [2.05, 4.69) is 10.6 Å². The third kappa shape index (κ3) is 1.69. The summed E-state index contributed by atoms with van der Waals surface area (Å²) in [6.07, 6.45) is 2.14. The summed E-state index contributed by atoms with van der Waals surface area (Å²) in [6, 6.07) is 1.03. The molecule has 0 spiro atoms. The molecular formula is C8H17N3O. The first kappa shape index (κ1) is 9.32. The molecule has 1 aliphatic rings. The van der Waals surface area contributed by atoms with Crippen LogP contribution in [0, 0.1) is 0 Å². The molecule has 1 saturated carbocycles. The molecular weight excluding hydrogens is 154 g/mol. The van der Waals surface area contributed by atoms with Crippen LogP contribution in [0.15, 0.2) is 0 Å². The van der Waals surface area contributed by atoms with Gasteiger partial charge in [0.2, 0.25) is 0 Å². The van der Waals surface area contributed by atoms with E-state index in [1.807, 2.05) is 14.1 Å². The monoisotopic (exact) mass is 171 g/mol. The van der Waals surface area contributed by atoms with Crippen LogP contribution in [0.2, 0.25) is 0 Å². The summed E-state index contributed by atoms with van der Waals surface area (Å²) in [6.45, 7) is 0. The molecule has 0 unspecified atom stereocenters. The van der Waals surface area contributed by atoms with Crippen molar-refractivity contribution in [2.75, 3.05) is 21.1 Å². The van der Waals surface area contributed by atoms with Crippen molar-refractivity contribution < 1.29 is 4.79 Å². The third-order valence-electron chi connectivity index (χ3n) is 2.60. The number of hydrogen-bond donors (Lipinski definition) is 2. The van der Waals surface area contributed by atoms with Crippen LogP contribution in [0.25, 0.3) is 0 Å². The first-order valence-electron chi connectivity index (χ1n) is 4.30. The zero-order valence-corrected chi connectivity index (χ0v) is 7.92. The normalized spacial score (nSPS) is 27.6. The first-order valence-corrected chi connectivity index (χ1v) is 4.30. The second-order valence-electron chi connectivity index (χ2n) is 3.28. The Balaban J connectivity index is 2.27. The summed E-state index contributed by atoms with van der Waals surface area (Å²) in [5.41, 5.74) is 0. The summed E-state index contributed by atoms with van der Waals surface area (Å²) in [7, 11) is 5.46. The Morgan fingerprint density at radius 2 is 2.00 bits per heavy atom. The second-order valence-corrected chi connectivity index (χ2v) is 3.28. The summed E-state index contributed by atoms with van der Waals surface area (Å²) >= 11 is 0. The predicted molar refractivity (Wildman–Crippen MR) is 48.1 cm³/mol. The van der Waals surface area contributed by atoms with Crippen LogP contribution in [-0.2, 0) is 0 Å². The fraction of sp³-hybridized carbons (Fsp3) is 0.875. The van der Waals surface area contributed by atoms with Crippen molar-refractivity contribution in [3.05, 3.63) is 0 Å². The standard InChI is InChI=1S/C8H17N3O/c1-9-6-4-7(5-6)11(3)8(12)10-2/h6-7,9H,4-5H2,1-3H3,(H,10,12). The highest BCUT2D eigenvalue weighted by Gasteiger charge is 2.32. The molecule has 0 heterocycles. The highest BCUT2D eigenvalue weighted by Crippen LogP contribution is 2.24. The predicted octanol–water partition coefficient (Wildman–Crippen LogP) is 0.00800. The molecule has 1 rings (SSSR count). The maximum absolute atomic E-state index is 11.1. The van der Waals surface area contributed by atoms with Gasteiger partial charge in [-0.25, -0.2) is 4.79 Å². The van der Waals surface area contributed by atoms with Gasteiger partial charge in [0.25, 0.3) is 0 Å². The smallest absolute Gasteiger partial charge is 0.317 e. The molecule has 12 heavy (non-hydrogen) atoms. The number of nitrogens with one attached hydrogen (secondary N) is 2. The van der Waals surface area contributed by atoms with E-state index in [-0.39, 0.29) is 6.03 Å². The van der Waals surface area contributed by atoms with Gasteiger partial charge in [0.05, 0.1) is 0 Å². The van der Waals surface area contributed by atoms with Gasteiger partial charge in [-0.2, -0.15) is 0 Å². The summed E-state index contributed by atoms with van der Waals surface area (Å²) < 4.78 is 0. The number of carbonyl (C=O) groups excluding carboxylic acids is 1. The van der Waals surface area contributed by atoms with Gasteiger partial charge in [0.15, 0.2) is 0 Å². The number of carbonyl (C=O) groups is 1. The number of amides is 2. The molecule has 0 aliphatic heterocycles. The summed E-state index contributed by atoms with van der Waals surface area (Å²) in [5.74, 6) is 0. The van der Waals surface area contributed by atoms with Crippen molar-refractivity contribution in [3.63, 3.8) is 0 Å². The van der Waals surface area contributed by atoms with Crippen molar-refractivity contribution in [2.45, 2.75) is 24.9 Å². The molecule has 0 aromatic rings. The maximum atomic E-state index is 11.1. The molecule has 0 atom stereocenters. The number of rotatable bonds is 2.